The molecule has 1 saturated heterocycles. The van der Waals surface area contributed by atoms with Gasteiger partial charge in [-0.2, -0.15) is 0 Å². The molecular weight excluding hydrogens is 258 g/mol. The molecule has 1 saturated carbocycles. The van der Waals surface area contributed by atoms with Gasteiger partial charge in [-0.15, -0.1) is 0 Å². The van der Waals surface area contributed by atoms with Crippen LogP contribution in [0.5, 0.6) is 0 Å². The fourth-order valence-corrected chi connectivity index (χ4v) is 4.26. The van der Waals surface area contributed by atoms with E-state index in [1.165, 1.54) is 25.7 Å². The lowest BCUT2D eigenvalue weighted by molar-refractivity contribution is -0.120. The molecule has 2 aliphatic rings. The maximum Gasteiger partial charge on any atom is 0.221 e. The number of carbonyl (C=O) groups is 1. The van der Waals surface area contributed by atoms with Gasteiger partial charge in [0.1, 0.15) is 0 Å². The van der Waals surface area contributed by atoms with Gasteiger partial charge in [0, 0.05) is 24.3 Å². The first kappa shape index (κ1) is 14.7. The van der Waals surface area contributed by atoms with Crippen molar-refractivity contribution in [3.63, 3.8) is 0 Å². The molecule has 19 heavy (non-hydrogen) atoms. The predicted molar refractivity (Wildman–Crippen MR) is 81.6 cm³/mol. The Hall–Kier alpha value is -0.710. The standard InChI is InChI=1S/C14H25N3OS/c1-3-15-12(18)6-8-16-13-17-14(10-19-13)7-4-5-11(2)9-14/h11H,3-10H2,1-2H3,(H,15,18)(H,16,17). The lowest BCUT2D eigenvalue weighted by atomic mass is 9.78. The maximum atomic E-state index is 11.3. The molecule has 0 aromatic carbocycles. The van der Waals surface area contributed by atoms with E-state index in [9.17, 15) is 4.79 Å². The zero-order chi connectivity index (χ0) is 13.7. The van der Waals surface area contributed by atoms with Crippen molar-refractivity contribution in [2.45, 2.75) is 51.5 Å². The smallest absolute Gasteiger partial charge is 0.221 e. The third-order valence-electron chi connectivity index (χ3n) is 3.92. The van der Waals surface area contributed by atoms with Crippen LogP contribution in [0.25, 0.3) is 0 Å². The fraction of sp³-hybridized carbons (Fsp3) is 0.857. The Bertz CT molecular complexity index is 359. The molecule has 4 nitrogen and oxygen atoms in total. The number of carbonyl (C=O) groups excluding carboxylic acids is 1. The summed E-state index contributed by atoms with van der Waals surface area (Å²) in [5, 5.41) is 7.46. The third kappa shape index (κ3) is 4.13. The zero-order valence-electron chi connectivity index (χ0n) is 12.0. The number of hydrogen-bond donors (Lipinski definition) is 2. The number of amidine groups is 1. The van der Waals surface area contributed by atoms with Crippen LogP contribution in [0.4, 0.5) is 0 Å². The molecule has 0 aromatic rings. The second-order valence-corrected chi connectivity index (χ2v) is 6.75. The molecule has 5 heteroatoms. The number of aliphatic imine (C=N–C) groups is 1. The Kier molecular flexibility index (Phi) is 5.13. The second-order valence-electron chi connectivity index (χ2n) is 5.79. The molecule has 2 rings (SSSR count). The van der Waals surface area contributed by atoms with Crippen LogP contribution in [0.15, 0.2) is 4.99 Å². The van der Waals surface area contributed by atoms with Crippen molar-refractivity contribution in [1.29, 1.82) is 0 Å². The summed E-state index contributed by atoms with van der Waals surface area (Å²) in [5.41, 5.74) is 0.285. The Morgan fingerprint density at radius 1 is 1.63 bits per heavy atom. The summed E-state index contributed by atoms with van der Waals surface area (Å²) in [5.74, 6) is 2.05. The van der Waals surface area contributed by atoms with Crippen molar-refractivity contribution in [2.75, 3.05) is 18.8 Å². The van der Waals surface area contributed by atoms with E-state index >= 15 is 0 Å². The van der Waals surface area contributed by atoms with Crippen molar-refractivity contribution in [1.82, 2.24) is 10.6 Å². The minimum atomic E-state index is 0.0934. The van der Waals surface area contributed by atoms with Gasteiger partial charge < -0.3 is 10.6 Å². The Morgan fingerprint density at radius 3 is 3.21 bits per heavy atom. The van der Waals surface area contributed by atoms with Crippen LogP contribution in [0.3, 0.4) is 0 Å². The van der Waals surface area contributed by atoms with Gasteiger partial charge in [0.05, 0.1) is 6.54 Å². The largest absolute Gasteiger partial charge is 0.359 e. The molecule has 2 N–H and O–H groups in total. The first-order valence-corrected chi connectivity index (χ1v) is 8.34. The Labute approximate surface area is 120 Å². The van der Waals surface area contributed by atoms with E-state index in [1.807, 2.05) is 18.7 Å². The molecule has 0 radical (unpaired) electrons. The molecule has 2 unspecified atom stereocenters. The van der Waals surface area contributed by atoms with Crippen molar-refractivity contribution in [2.24, 2.45) is 10.9 Å². The molecule has 2 fully saturated rings. The summed E-state index contributed by atoms with van der Waals surface area (Å²) in [6, 6.07) is 0. The molecule has 1 amide bonds. The quantitative estimate of drug-likeness (QED) is 0.831. The topological polar surface area (TPSA) is 53.5 Å². The van der Waals surface area contributed by atoms with E-state index in [0.717, 1.165) is 16.8 Å². The lowest BCUT2D eigenvalue weighted by Gasteiger charge is -2.36. The number of rotatable bonds is 4. The molecule has 1 aliphatic carbocycles. The van der Waals surface area contributed by atoms with Crippen LogP contribution in [-0.2, 0) is 4.79 Å². The average Bonchev–Trinajstić information content (AvgIpc) is 2.72. The van der Waals surface area contributed by atoms with E-state index < -0.39 is 0 Å². The highest BCUT2D eigenvalue weighted by Crippen LogP contribution is 2.38. The minimum absolute atomic E-state index is 0.0934. The van der Waals surface area contributed by atoms with Gasteiger partial charge >= 0.3 is 0 Å². The summed E-state index contributed by atoms with van der Waals surface area (Å²) in [6.07, 6.45) is 5.69. The highest BCUT2D eigenvalue weighted by atomic mass is 32.2. The maximum absolute atomic E-state index is 11.3. The molecule has 2 atom stereocenters. The van der Waals surface area contributed by atoms with E-state index in [4.69, 9.17) is 0 Å². The Morgan fingerprint density at radius 2 is 2.47 bits per heavy atom. The van der Waals surface area contributed by atoms with Crippen LogP contribution in [0.2, 0.25) is 0 Å². The van der Waals surface area contributed by atoms with Crippen LogP contribution < -0.4 is 10.6 Å². The van der Waals surface area contributed by atoms with E-state index in [-0.39, 0.29) is 11.4 Å². The number of hydrogen-bond acceptors (Lipinski definition) is 3. The normalized spacial score (nSPS) is 32.5. The van der Waals surface area contributed by atoms with Crippen molar-refractivity contribution in [3.05, 3.63) is 0 Å². The summed E-state index contributed by atoms with van der Waals surface area (Å²) < 4.78 is 0. The molecule has 108 valence electrons. The summed E-state index contributed by atoms with van der Waals surface area (Å²) in [4.78, 5) is 15.9. The lowest BCUT2D eigenvalue weighted by Crippen LogP contribution is -2.47. The third-order valence-corrected chi connectivity index (χ3v) is 5.12. The zero-order valence-corrected chi connectivity index (χ0v) is 12.8. The predicted octanol–water partition coefficient (Wildman–Crippen LogP) is 2.15. The highest BCUT2D eigenvalue weighted by Gasteiger charge is 2.40. The summed E-state index contributed by atoms with van der Waals surface area (Å²) >= 11 is 1.82. The van der Waals surface area contributed by atoms with Gasteiger partial charge in [-0.25, -0.2) is 0 Å². The fourth-order valence-electron chi connectivity index (χ4n) is 3.04. The Balaban J connectivity index is 1.79. The molecule has 0 aromatic heterocycles. The number of amides is 1. The van der Waals surface area contributed by atoms with Crippen molar-refractivity contribution in [3.8, 4) is 0 Å². The van der Waals surface area contributed by atoms with Gasteiger partial charge in [0.2, 0.25) is 5.91 Å². The average molecular weight is 283 g/mol. The molecule has 0 bridgehead atoms. The summed E-state index contributed by atoms with van der Waals surface area (Å²) in [6.45, 7) is 5.57. The number of nitrogens with one attached hydrogen (secondary N) is 2. The SMILES string of the molecule is CCNC(=O)CCN=C1NC2(CCCC(C)C2)CS1. The van der Waals surface area contributed by atoms with Gasteiger partial charge in [0.15, 0.2) is 5.17 Å². The first-order valence-electron chi connectivity index (χ1n) is 7.36. The second kappa shape index (κ2) is 6.64. The van der Waals surface area contributed by atoms with E-state index in [1.54, 1.807) is 0 Å². The molecular formula is C14H25N3OS. The minimum Gasteiger partial charge on any atom is -0.359 e. The first-order chi connectivity index (χ1) is 9.13. The molecule has 1 spiro atoms. The van der Waals surface area contributed by atoms with Gasteiger partial charge in [-0.05, 0) is 25.7 Å². The van der Waals surface area contributed by atoms with Crippen molar-refractivity contribution < 1.29 is 4.79 Å². The van der Waals surface area contributed by atoms with Gasteiger partial charge in [-0.3, -0.25) is 9.79 Å². The summed E-state index contributed by atoms with van der Waals surface area (Å²) in [7, 11) is 0. The van der Waals surface area contributed by atoms with Gasteiger partial charge in [-0.1, -0.05) is 31.5 Å². The van der Waals surface area contributed by atoms with Crippen LogP contribution in [0.1, 0.15) is 46.0 Å². The van der Waals surface area contributed by atoms with Gasteiger partial charge in [0.25, 0.3) is 0 Å². The van der Waals surface area contributed by atoms with Crippen LogP contribution in [0, 0.1) is 5.92 Å². The van der Waals surface area contributed by atoms with E-state index in [0.29, 0.717) is 19.5 Å². The number of nitrogens with zero attached hydrogens (tertiary/aromatic N) is 1. The van der Waals surface area contributed by atoms with Crippen LogP contribution in [-0.4, -0.2) is 35.5 Å². The van der Waals surface area contributed by atoms with Crippen LogP contribution >= 0.6 is 11.8 Å². The highest BCUT2D eigenvalue weighted by molar-refractivity contribution is 8.14. The molecule has 1 heterocycles. The molecule has 1 aliphatic heterocycles. The monoisotopic (exact) mass is 283 g/mol. The number of thioether (sulfide) groups is 1. The van der Waals surface area contributed by atoms with Crippen molar-refractivity contribution >= 4 is 22.8 Å². The van der Waals surface area contributed by atoms with E-state index in [2.05, 4.69) is 22.5 Å².